The van der Waals surface area contributed by atoms with Gasteiger partial charge in [0.05, 0.1) is 18.6 Å². The molecule has 9 nitrogen and oxygen atoms in total. The molecule has 3 atom stereocenters. The zero-order valence-electron chi connectivity index (χ0n) is 20.1. The minimum Gasteiger partial charge on any atom is -0.368 e. The molecular formula is C21H45N5O4. The lowest BCUT2D eigenvalue weighted by atomic mass is 9.87. The summed E-state index contributed by atoms with van der Waals surface area (Å²) in [6, 6.07) is -0.966. The second-order valence-electron chi connectivity index (χ2n) is 7.72. The summed E-state index contributed by atoms with van der Waals surface area (Å²) >= 11 is 0. The largest absolute Gasteiger partial charge is 0.368 e. The summed E-state index contributed by atoms with van der Waals surface area (Å²) in [6.07, 6.45) is 3.18. The molecule has 0 bridgehead atoms. The second kappa shape index (κ2) is 19.0. The lowest BCUT2D eigenvalue weighted by molar-refractivity contribution is -0.126. The lowest BCUT2D eigenvalue weighted by Gasteiger charge is -2.25. The number of hydrogen-bond acceptors (Lipinski definition) is 6. The summed E-state index contributed by atoms with van der Waals surface area (Å²) in [5, 5.41) is 7.92. The molecule has 3 unspecified atom stereocenters. The van der Waals surface area contributed by atoms with Gasteiger partial charge in [0.15, 0.2) is 0 Å². The molecule has 30 heavy (non-hydrogen) atoms. The van der Waals surface area contributed by atoms with Crippen LogP contribution in [0.2, 0.25) is 0 Å². The van der Waals surface area contributed by atoms with Crippen molar-refractivity contribution in [3.8, 4) is 0 Å². The third-order valence-electron chi connectivity index (χ3n) is 3.95. The first kappa shape index (κ1) is 32.7. The van der Waals surface area contributed by atoms with E-state index in [9.17, 15) is 19.2 Å². The highest BCUT2D eigenvalue weighted by Crippen LogP contribution is 2.17. The first-order chi connectivity index (χ1) is 14.0. The van der Waals surface area contributed by atoms with Crippen LogP contribution in [0.15, 0.2) is 0 Å². The van der Waals surface area contributed by atoms with Crippen molar-refractivity contribution < 1.29 is 19.2 Å². The minimum atomic E-state index is -0.572. The smallest absolute Gasteiger partial charge is 0.237 e. The molecule has 0 aromatic carbocycles. The van der Waals surface area contributed by atoms with Crippen molar-refractivity contribution in [2.75, 3.05) is 20.1 Å². The van der Waals surface area contributed by atoms with Crippen molar-refractivity contribution in [1.82, 2.24) is 16.0 Å². The van der Waals surface area contributed by atoms with Crippen LogP contribution in [0.4, 0.5) is 0 Å². The van der Waals surface area contributed by atoms with Crippen LogP contribution in [0.3, 0.4) is 0 Å². The molecule has 0 aromatic rings. The highest BCUT2D eigenvalue weighted by Gasteiger charge is 2.28. The summed E-state index contributed by atoms with van der Waals surface area (Å²) < 4.78 is 0. The number of nitrogens with two attached hydrogens (primary N) is 2. The third kappa shape index (κ3) is 15.9. The molecule has 0 aliphatic carbocycles. The summed E-state index contributed by atoms with van der Waals surface area (Å²) in [4.78, 5) is 43.1. The van der Waals surface area contributed by atoms with E-state index in [-0.39, 0.29) is 29.7 Å². The highest BCUT2D eigenvalue weighted by atomic mass is 16.2. The molecule has 0 saturated carbocycles. The number of carbonyl (C=O) groups is 4. The molecule has 0 aromatic heterocycles. The Labute approximate surface area is 182 Å². The van der Waals surface area contributed by atoms with Gasteiger partial charge in [-0.25, -0.2) is 0 Å². The van der Waals surface area contributed by atoms with Gasteiger partial charge in [-0.2, -0.15) is 0 Å². The number of primary amides is 1. The fourth-order valence-electron chi connectivity index (χ4n) is 2.18. The van der Waals surface area contributed by atoms with Crippen molar-refractivity contribution in [3.63, 3.8) is 0 Å². The molecule has 1 aliphatic rings. The zero-order chi connectivity index (χ0) is 24.3. The fraction of sp³-hybridized carbons (Fsp3) is 0.810. The van der Waals surface area contributed by atoms with Gasteiger partial charge in [0.2, 0.25) is 17.7 Å². The normalized spacial score (nSPS) is 16.7. The molecule has 0 spiro atoms. The van der Waals surface area contributed by atoms with E-state index in [2.05, 4.69) is 29.8 Å². The predicted molar refractivity (Wildman–Crippen MR) is 122 cm³/mol. The first-order valence-corrected chi connectivity index (χ1v) is 10.7. The summed E-state index contributed by atoms with van der Waals surface area (Å²) in [5.41, 5.74) is 10.5. The second-order valence-corrected chi connectivity index (χ2v) is 7.72. The fourth-order valence-corrected chi connectivity index (χ4v) is 2.18. The van der Waals surface area contributed by atoms with Gasteiger partial charge in [-0.1, -0.05) is 54.9 Å². The topological polar surface area (TPSA) is 156 Å². The summed E-state index contributed by atoms with van der Waals surface area (Å²) in [5.74, 6) is -0.719. The standard InChI is InChI=1S/C8H15N3O2.C8H16N2O2.C3H8.C2H6/c1-10-6(7(9)12)4-5-2-3-11-8(5)13;1-8(2,3)6(9)7(12)10-4-5-11;1-3-2;1-2/h5-6,10H,2-4H2,1H3,(H2,9,12)(H,11,13);5-6H,4,9H2,1-3H3,(H,10,12);3H2,1-2H3;1-2H3. The van der Waals surface area contributed by atoms with Gasteiger partial charge in [-0.3, -0.25) is 14.4 Å². The maximum atomic E-state index is 11.2. The Bertz CT molecular complexity index is 492. The first-order valence-electron chi connectivity index (χ1n) is 10.7. The number of carbonyl (C=O) groups excluding carboxylic acids is 4. The van der Waals surface area contributed by atoms with Crippen LogP contribution in [0.25, 0.3) is 0 Å². The van der Waals surface area contributed by atoms with E-state index in [4.69, 9.17) is 11.5 Å². The van der Waals surface area contributed by atoms with Gasteiger partial charge in [0, 0.05) is 12.5 Å². The molecule has 1 aliphatic heterocycles. The molecular weight excluding hydrogens is 386 g/mol. The number of rotatable bonds is 7. The molecule has 1 heterocycles. The third-order valence-corrected chi connectivity index (χ3v) is 3.95. The van der Waals surface area contributed by atoms with E-state index in [0.29, 0.717) is 19.3 Å². The average Bonchev–Trinajstić information content (AvgIpc) is 3.09. The molecule has 178 valence electrons. The van der Waals surface area contributed by atoms with Crippen LogP contribution in [-0.2, 0) is 19.2 Å². The Kier molecular flexibility index (Phi) is 20.7. The van der Waals surface area contributed by atoms with Gasteiger partial charge in [-0.15, -0.1) is 0 Å². The minimum absolute atomic E-state index is 0.0292. The summed E-state index contributed by atoms with van der Waals surface area (Å²) in [7, 11) is 1.67. The van der Waals surface area contributed by atoms with Crippen LogP contribution in [0.1, 0.15) is 67.7 Å². The number of amides is 3. The highest BCUT2D eigenvalue weighted by molar-refractivity contribution is 5.84. The van der Waals surface area contributed by atoms with E-state index in [1.165, 1.54) is 6.42 Å². The number of aldehydes is 1. The van der Waals surface area contributed by atoms with E-state index in [0.717, 1.165) is 6.42 Å². The molecule has 3 amide bonds. The molecule has 0 radical (unpaired) electrons. The van der Waals surface area contributed by atoms with Crippen molar-refractivity contribution >= 4 is 24.0 Å². The lowest BCUT2D eigenvalue weighted by Crippen LogP contribution is -2.48. The molecule has 1 saturated heterocycles. The van der Waals surface area contributed by atoms with E-state index in [1.807, 2.05) is 34.6 Å². The quantitative estimate of drug-likeness (QED) is 0.374. The Morgan fingerprint density at radius 2 is 1.77 bits per heavy atom. The predicted octanol–water partition coefficient (Wildman–Crippen LogP) is 0.703. The van der Waals surface area contributed by atoms with Gasteiger partial charge >= 0.3 is 0 Å². The SMILES string of the molecule is CC.CC(C)(C)C(N)C(=O)NCC=O.CCC.CNC(CC1CCNC1=O)C(N)=O. The maximum absolute atomic E-state index is 11.2. The van der Waals surface area contributed by atoms with Crippen LogP contribution in [-0.4, -0.2) is 56.2 Å². The Morgan fingerprint density at radius 3 is 2.07 bits per heavy atom. The summed E-state index contributed by atoms with van der Waals surface area (Å²) in [6.45, 7) is 14.6. The van der Waals surface area contributed by atoms with Gasteiger partial charge in [0.25, 0.3) is 0 Å². The van der Waals surface area contributed by atoms with Crippen molar-refractivity contribution in [2.45, 2.75) is 79.8 Å². The Balaban J connectivity index is -0.000000401. The van der Waals surface area contributed by atoms with E-state index >= 15 is 0 Å². The number of hydrogen-bond donors (Lipinski definition) is 5. The number of likely N-dealkylation sites (N-methyl/N-ethyl adjacent to an activating group) is 1. The molecule has 9 heteroatoms. The van der Waals surface area contributed by atoms with Crippen molar-refractivity contribution in [1.29, 1.82) is 0 Å². The van der Waals surface area contributed by atoms with Crippen LogP contribution < -0.4 is 27.4 Å². The monoisotopic (exact) mass is 431 g/mol. The molecule has 1 rings (SSSR count). The van der Waals surface area contributed by atoms with Crippen LogP contribution >= 0.6 is 0 Å². The van der Waals surface area contributed by atoms with Gasteiger partial charge < -0.3 is 32.2 Å². The Morgan fingerprint density at radius 1 is 1.27 bits per heavy atom. The zero-order valence-corrected chi connectivity index (χ0v) is 20.1. The van der Waals surface area contributed by atoms with E-state index < -0.39 is 18.0 Å². The van der Waals surface area contributed by atoms with Crippen molar-refractivity contribution in [3.05, 3.63) is 0 Å². The molecule has 1 fully saturated rings. The molecule has 7 N–H and O–H groups in total. The van der Waals surface area contributed by atoms with Gasteiger partial charge in [0.1, 0.15) is 6.29 Å². The average molecular weight is 432 g/mol. The number of nitrogens with one attached hydrogen (secondary N) is 3. The van der Waals surface area contributed by atoms with Crippen LogP contribution in [0.5, 0.6) is 0 Å². The van der Waals surface area contributed by atoms with Gasteiger partial charge in [-0.05, 0) is 25.3 Å². The van der Waals surface area contributed by atoms with E-state index in [1.54, 1.807) is 7.05 Å². The maximum Gasteiger partial charge on any atom is 0.237 e. The Hall–Kier alpha value is -2.00. The van der Waals surface area contributed by atoms with Crippen LogP contribution in [0, 0.1) is 11.3 Å². The van der Waals surface area contributed by atoms with Crippen molar-refractivity contribution in [2.24, 2.45) is 22.8 Å².